The van der Waals surface area contributed by atoms with Gasteiger partial charge in [-0.3, -0.25) is 14.5 Å². The number of hydrogen-bond acceptors (Lipinski definition) is 5. The molecule has 0 bridgehead atoms. The summed E-state index contributed by atoms with van der Waals surface area (Å²) in [7, 11) is 0. The van der Waals surface area contributed by atoms with Crippen LogP contribution < -0.4 is 10.6 Å². The number of thiazole rings is 1. The van der Waals surface area contributed by atoms with Gasteiger partial charge in [-0.1, -0.05) is 64.3 Å². The van der Waals surface area contributed by atoms with Crippen molar-refractivity contribution in [3.8, 4) is 11.3 Å². The van der Waals surface area contributed by atoms with Crippen LogP contribution in [0.1, 0.15) is 64.9 Å². The number of carbonyl (C=O) groups excluding carboxylic acids is 3. The van der Waals surface area contributed by atoms with Gasteiger partial charge in [0.15, 0.2) is 5.13 Å². The fourth-order valence-electron chi connectivity index (χ4n) is 4.37. The van der Waals surface area contributed by atoms with Gasteiger partial charge in [-0.15, -0.1) is 11.3 Å². The lowest BCUT2D eigenvalue weighted by atomic mass is 9.82. The van der Waals surface area contributed by atoms with Crippen LogP contribution in [0.5, 0.6) is 0 Å². The molecular weight excluding hydrogens is 424 g/mol. The number of nitrogens with zero attached hydrogens (tertiary/aromatic N) is 2. The van der Waals surface area contributed by atoms with Gasteiger partial charge in [0.2, 0.25) is 5.91 Å². The molecule has 0 atom stereocenters. The van der Waals surface area contributed by atoms with Crippen LogP contribution in [0.2, 0.25) is 0 Å². The molecule has 0 unspecified atom stereocenters. The summed E-state index contributed by atoms with van der Waals surface area (Å²) >= 11 is 1.36. The molecule has 4 rings (SSSR count). The van der Waals surface area contributed by atoms with Crippen molar-refractivity contribution >= 4 is 34.3 Å². The fraction of sp³-hybridized carbons (Fsp3) is 0.500. The highest BCUT2D eigenvalue weighted by Crippen LogP contribution is 2.34. The molecule has 2 heterocycles. The maximum Gasteiger partial charge on any atom is 0.325 e. The van der Waals surface area contributed by atoms with Gasteiger partial charge in [0, 0.05) is 23.9 Å². The van der Waals surface area contributed by atoms with Gasteiger partial charge in [-0.2, -0.15) is 0 Å². The van der Waals surface area contributed by atoms with E-state index in [2.05, 4.69) is 48.5 Å². The van der Waals surface area contributed by atoms with E-state index in [9.17, 15) is 14.4 Å². The van der Waals surface area contributed by atoms with Gasteiger partial charge in [0.05, 0.1) is 5.69 Å². The number of hydrogen-bond donors (Lipinski definition) is 2. The van der Waals surface area contributed by atoms with Crippen molar-refractivity contribution in [1.29, 1.82) is 0 Å². The zero-order valence-corrected chi connectivity index (χ0v) is 19.7. The number of nitrogens with one attached hydrogen (secondary N) is 2. The summed E-state index contributed by atoms with van der Waals surface area (Å²) < 4.78 is 0. The number of urea groups is 1. The van der Waals surface area contributed by atoms with Crippen LogP contribution in [-0.2, 0) is 15.0 Å². The first kappa shape index (κ1) is 22.5. The van der Waals surface area contributed by atoms with E-state index in [4.69, 9.17) is 0 Å². The molecule has 1 aromatic heterocycles. The third kappa shape index (κ3) is 4.55. The lowest BCUT2D eigenvalue weighted by Crippen LogP contribution is -2.48. The Kier molecular flexibility index (Phi) is 6.07. The Morgan fingerprint density at radius 1 is 1.16 bits per heavy atom. The van der Waals surface area contributed by atoms with E-state index < -0.39 is 5.54 Å². The lowest BCUT2D eigenvalue weighted by Gasteiger charge is -2.30. The first-order valence-corrected chi connectivity index (χ1v) is 12.1. The van der Waals surface area contributed by atoms with Crippen LogP contribution in [0, 0.1) is 0 Å². The minimum Gasteiger partial charge on any atom is -0.323 e. The minimum absolute atomic E-state index is 0.0461. The predicted octanol–water partition coefficient (Wildman–Crippen LogP) is 4.69. The van der Waals surface area contributed by atoms with Crippen LogP contribution >= 0.6 is 11.3 Å². The van der Waals surface area contributed by atoms with Crippen molar-refractivity contribution < 1.29 is 14.4 Å². The van der Waals surface area contributed by atoms with E-state index in [1.54, 1.807) is 0 Å². The topological polar surface area (TPSA) is 91.4 Å². The second-order valence-corrected chi connectivity index (χ2v) is 10.6. The largest absolute Gasteiger partial charge is 0.325 e. The number of amides is 4. The molecule has 32 heavy (non-hydrogen) atoms. The molecule has 8 heteroatoms. The second kappa shape index (κ2) is 8.65. The fourth-order valence-corrected chi connectivity index (χ4v) is 5.11. The first-order chi connectivity index (χ1) is 15.2. The molecule has 1 spiro atoms. The molecule has 4 amide bonds. The Hall–Kier alpha value is -2.74. The molecule has 2 fully saturated rings. The standard InChI is InChI=1S/C24H30N4O3S/c1-23(2,3)17-9-7-16(8-10-17)18-15-32-21(25-18)26-19(29)11-14-28-20(30)24(27-22(28)31)12-5-4-6-13-24/h7-10,15H,4-6,11-14H2,1-3H3,(H,27,31)(H,25,26,29). The SMILES string of the molecule is CC(C)(C)c1ccc(-c2csc(NC(=O)CCN3C(=O)NC4(CCCCC4)C3=O)n2)cc1. The molecule has 170 valence electrons. The summed E-state index contributed by atoms with van der Waals surface area (Å²) in [5.41, 5.74) is 2.38. The molecule has 1 aliphatic carbocycles. The van der Waals surface area contributed by atoms with Crippen LogP contribution in [0.4, 0.5) is 9.93 Å². The molecule has 1 saturated heterocycles. The van der Waals surface area contributed by atoms with Crippen LogP contribution in [0.3, 0.4) is 0 Å². The number of aromatic nitrogens is 1. The van der Waals surface area contributed by atoms with Gasteiger partial charge in [-0.25, -0.2) is 9.78 Å². The van der Waals surface area contributed by atoms with Crippen molar-refractivity contribution in [2.24, 2.45) is 0 Å². The van der Waals surface area contributed by atoms with Crippen molar-refractivity contribution in [2.45, 2.75) is 70.3 Å². The normalized spacial score (nSPS) is 18.2. The van der Waals surface area contributed by atoms with E-state index in [1.165, 1.54) is 21.8 Å². The average Bonchev–Trinajstić information content (AvgIpc) is 3.30. The predicted molar refractivity (Wildman–Crippen MR) is 126 cm³/mol. The Morgan fingerprint density at radius 2 is 1.84 bits per heavy atom. The molecule has 2 N–H and O–H groups in total. The summed E-state index contributed by atoms with van der Waals surface area (Å²) in [6.45, 7) is 6.59. The van der Waals surface area contributed by atoms with Gasteiger partial charge in [-0.05, 0) is 23.8 Å². The van der Waals surface area contributed by atoms with E-state index >= 15 is 0 Å². The number of anilines is 1. The zero-order chi connectivity index (χ0) is 22.9. The maximum atomic E-state index is 12.8. The van der Waals surface area contributed by atoms with Crippen LogP contribution in [0.25, 0.3) is 11.3 Å². The molecule has 1 saturated carbocycles. The minimum atomic E-state index is -0.751. The van der Waals surface area contributed by atoms with Gasteiger partial charge in [0.1, 0.15) is 5.54 Å². The van der Waals surface area contributed by atoms with Crippen molar-refractivity contribution in [3.05, 3.63) is 35.2 Å². The van der Waals surface area contributed by atoms with Crippen molar-refractivity contribution in [1.82, 2.24) is 15.2 Å². The van der Waals surface area contributed by atoms with Crippen LogP contribution in [0.15, 0.2) is 29.6 Å². The summed E-state index contributed by atoms with van der Waals surface area (Å²) in [5.74, 6) is -0.454. The number of rotatable bonds is 5. The highest BCUT2D eigenvalue weighted by Gasteiger charge is 2.51. The van der Waals surface area contributed by atoms with Gasteiger partial charge >= 0.3 is 6.03 Å². The average molecular weight is 455 g/mol. The molecular formula is C24H30N4O3S. The van der Waals surface area contributed by atoms with E-state index in [0.29, 0.717) is 18.0 Å². The molecule has 1 aliphatic heterocycles. The van der Waals surface area contributed by atoms with Gasteiger partial charge in [0.25, 0.3) is 5.91 Å². The Balaban J connectivity index is 1.33. The van der Waals surface area contributed by atoms with E-state index in [-0.39, 0.29) is 36.2 Å². The van der Waals surface area contributed by atoms with E-state index in [0.717, 1.165) is 30.5 Å². The maximum absolute atomic E-state index is 12.8. The second-order valence-electron chi connectivity index (χ2n) is 9.69. The summed E-state index contributed by atoms with van der Waals surface area (Å²) in [6.07, 6.45) is 4.36. The number of imide groups is 1. The Labute approximate surface area is 192 Å². The summed E-state index contributed by atoms with van der Waals surface area (Å²) in [4.78, 5) is 43.3. The number of carbonyl (C=O) groups is 3. The third-order valence-corrected chi connectivity index (χ3v) is 7.07. The van der Waals surface area contributed by atoms with E-state index in [1.807, 2.05) is 17.5 Å². The Morgan fingerprint density at radius 3 is 2.50 bits per heavy atom. The quantitative estimate of drug-likeness (QED) is 0.641. The highest BCUT2D eigenvalue weighted by molar-refractivity contribution is 7.14. The zero-order valence-electron chi connectivity index (χ0n) is 18.9. The summed E-state index contributed by atoms with van der Waals surface area (Å²) in [5, 5.41) is 8.08. The van der Waals surface area contributed by atoms with Gasteiger partial charge < -0.3 is 10.6 Å². The Bertz CT molecular complexity index is 1020. The number of benzene rings is 1. The third-order valence-electron chi connectivity index (χ3n) is 6.31. The molecule has 1 aromatic carbocycles. The monoisotopic (exact) mass is 454 g/mol. The molecule has 2 aromatic rings. The highest BCUT2D eigenvalue weighted by atomic mass is 32.1. The van der Waals surface area contributed by atoms with Crippen molar-refractivity contribution in [3.63, 3.8) is 0 Å². The molecule has 7 nitrogen and oxygen atoms in total. The smallest absolute Gasteiger partial charge is 0.323 e. The molecule has 2 aliphatic rings. The first-order valence-electron chi connectivity index (χ1n) is 11.2. The lowest BCUT2D eigenvalue weighted by molar-refractivity contribution is -0.132. The van der Waals surface area contributed by atoms with Crippen LogP contribution in [-0.4, -0.2) is 39.8 Å². The molecule has 0 radical (unpaired) electrons. The van der Waals surface area contributed by atoms with Crippen molar-refractivity contribution in [2.75, 3.05) is 11.9 Å². The summed E-state index contributed by atoms with van der Waals surface area (Å²) in [6, 6.07) is 7.90.